The second-order valence-electron chi connectivity index (χ2n) is 13.6. The Morgan fingerprint density at radius 1 is 0.357 bits per heavy atom. The summed E-state index contributed by atoms with van der Waals surface area (Å²) in [5.74, 6) is 2.33. The van der Waals surface area contributed by atoms with Crippen molar-refractivity contribution in [3.05, 3.63) is 176 Å². The Bertz CT molecular complexity index is 3190. The summed E-state index contributed by atoms with van der Waals surface area (Å²) >= 11 is 1.80. The Balaban J connectivity index is 1.18. The highest BCUT2D eigenvalue weighted by Gasteiger charge is 2.21. The summed E-state index contributed by atoms with van der Waals surface area (Å²) in [6.45, 7) is 0. The van der Waals surface area contributed by atoms with E-state index in [2.05, 4.69) is 72.8 Å². The van der Waals surface area contributed by atoms with Crippen molar-refractivity contribution in [1.29, 1.82) is 0 Å². The number of rotatable bonds is 6. The fourth-order valence-electron chi connectivity index (χ4n) is 7.45. The minimum absolute atomic E-state index is 0.559. The van der Waals surface area contributed by atoms with Gasteiger partial charge in [0.1, 0.15) is 16.8 Å². The number of hydrogen-bond donors (Lipinski definition) is 0. The molecule has 0 bridgehead atoms. The summed E-state index contributed by atoms with van der Waals surface area (Å²) in [4.78, 5) is 25.8. The number of hydrogen-bond acceptors (Lipinski definition) is 7. The Morgan fingerprint density at radius 3 is 1.66 bits per heavy atom. The first-order chi connectivity index (χ1) is 27.7. The zero-order chi connectivity index (χ0) is 37.0. The van der Waals surface area contributed by atoms with Crippen molar-refractivity contribution in [3.63, 3.8) is 0 Å². The highest BCUT2D eigenvalue weighted by molar-refractivity contribution is 7.25. The van der Waals surface area contributed by atoms with Crippen LogP contribution in [0.4, 0.5) is 0 Å². The molecular weight excluding hydrogens is 707 g/mol. The average molecular weight is 736 g/mol. The lowest BCUT2D eigenvalue weighted by Gasteiger charge is -2.14. The number of furan rings is 1. The average Bonchev–Trinajstić information content (AvgIpc) is 3.85. The maximum atomic E-state index is 6.42. The van der Waals surface area contributed by atoms with Crippen LogP contribution in [0.1, 0.15) is 0 Å². The highest BCUT2D eigenvalue weighted by Crippen LogP contribution is 2.41. The zero-order valence-corrected chi connectivity index (χ0v) is 30.6. The lowest BCUT2D eigenvalue weighted by Crippen LogP contribution is -2.02. The molecule has 4 heterocycles. The molecule has 4 aromatic heterocycles. The molecule has 0 fully saturated rings. The first-order valence-corrected chi connectivity index (χ1v) is 19.2. The van der Waals surface area contributed by atoms with E-state index < -0.39 is 0 Å². The van der Waals surface area contributed by atoms with Crippen molar-refractivity contribution in [2.24, 2.45) is 0 Å². The molecule has 0 aliphatic heterocycles. The minimum atomic E-state index is 0.559. The fourth-order valence-corrected chi connectivity index (χ4v) is 8.60. The third kappa shape index (κ3) is 5.52. The molecule has 0 amide bonds. The molecular formula is C49H29N5OS. The van der Waals surface area contributed by atoms with E-state index in [1.165, 1.54) is 20.2 Å². The number of para-hydroxylation sites is 1. The fraction of sp³-hybridized carbons (Fsp3) is 0. The largest absolute Gasteiger partial charge is 0.452 e. The van der Waals surface area contributed by atoms with Gasteiger partial charge in [0.25, 0.3) is 0 Å². The van der Waals surface area contributed by atoms with Crippen LogP contribution in [0.25, 0.3) is 110 Å². The number of benzene rings is 7. The van der Waals surface area contributed by atoms with E-state index in [4.69, 9.17) is 29.3 Å². The molecule has 11 rings (SSSR count). The summed E-state index contributed by atoms with van der Waals surface area (Å²) in [5, 5.41) is 3.45. The van der Waals surface area contributed by atoms with E-state index in [1.54, 1.807) is 11.3 Å². The molecule has 0 spiro atoms. The quantitative estimate of drug-likeness (QED) is 0.169. The lowest BCUT2D eigenvalue weighted by atomic mass is 9.95. The monoisotopic (exact) mass is 735 g/mol. The van der Waals surface area contributed by atoms with Gasteiger partial charge in [0.05, 0.1) is 0 Å². The Morgan fingerprint density at radius 2 is 0.929 bits per heavy atom. The molecule has 56 heavy (non-hydrogen) atoms. The van der Waals surface area contributed by atoms with Gasteiger partial charge in [0.15, 0.2) is 28.9 Å². The van der Waals surface area contributed by atoms with Gasteiger partial charge in [-0.2, -0.15) is 0 Å². The maximum Gasteiger partial charge on any atom is 0.180 e. The molecule has 0 saturated heterocycles. The first-order valence-electron chi connectivity index (χ1n) is 18.4. The number of thiophene rings is 1. The molecule has 0 radical (unpaired) electrons. The molecule has 7 heteroatoms. The highest BCUT2D eigenvalue weighted by atomic mass is 32.1. The molecule has 0 unspecified atom stereocenters. The normalized spacial score (nSPS) is 11.6. The van der Waals surface area contributed by atoms with Crippen LogP contribution in [0.2, 0.25) is 0 Å². The zero-order valence-electron chi connectivity index (χ0n) is 29.8. The van der Waals surface area contributed by atoms with Crippen LogP contribution in [0.15, 0.2) is 180 Å². The number of nitrogens with zero attached hydrogens (tertiary/aromatic N) is 5. The van der Waals surface area contributed by atoms with Crippen LogP contribution in [0, 0.1) is 0 Å². The van der Waals surface area contributed by atoms with Crippen LogP contribution in [-0.4, -0.2) is 24.9 Å². The van der Waals surface area contributed by atoms with Crippen molar-refractivity contribution < 1.29 is 4.42 Å². The van der Waals surface area contributed by atoms with E-state index in [9.17, 15) is 0 Å². The minimum Gasteiger partial charge on any atom is -0.452 e. The maximum absolute atomic E-state index is 6.42. The topological polar surface area (TPSA) is 77.6 Å². The van der Waals surface area contributed by atoms with Gasteiger partial charge in [0.2, 0.25) is 0 Å². The second-order valence-corrected chi connectivity index (χ2v) is 14.7. The molecule has 0 atom stereocenters. The Kier molecular flexibility index (Phi) is 7.57. The van der Waals surface area contributed by atoms with Gasteiger partial charge in [-0.05, 0) is 41.5 Å². The Hall–Kier alpha value is -7.35. The van der Waals surface area contributed by atoms with Gasteiger partial charge in [-0.15, -0.1) is 11.3 Å². The standard InChI is InChI=1S/C49H29N5OS/c1-4-14-30(15-5-1)43-45-44(38-21-10-12-22-40(38)55-45)51-48(50-43)34-25-26-35(33-24-27-37-36-20-11-13-23-41(36)56-42(37)29-33)39(28-34)49-53-46(31-16-6-2-7-17-31)52-47(54-49)32-18-8-3-9-19-32/h1-29H. The molecule has 0 aliphatic carbocycles. The number of aromatic nitrogens is 5. The van der Waals surface area contributed by atoms with Crippen LogP contribution < -0.4 is 0 Å². The van der Waals surface area contributed by atoms with Crippen molar-refractivity contribution in [3.8, 4) is 67.9 Å². The van der Waals surface area contributed by atoms with E-state index in [1.807, 2.05) is 103 Å². The predicted molar refractivity (Wildman–Crippen MR) is 228 cm³/mol. The lowest BCUT2D eigenvalue weighted by molar-refractivity contribution is 0.667. The summed E-state index contributed by atoms with van der Waals surface area (Å²) in [5.41, 5.74) is 9.44. The van der Waals surface area contributed by atoms with Crippen molar-refractivity contribution in [2.45, 2.75) is 0 Å². The van der Waals surface area contributed by atoms with Crippen LogP contribution in [0.3, 0.4) is 0 Å². The van der Waals surface area contributed by atoms with Gasteiger partial charge in [0, 0.05) is 53.4 Å². The van der Waals surface area contributed by atoms with Crippen LogP contribution in [0.5, 0.6) is 0 Å². The third-order valence-corrected chi connectivity index (χ3v) is 11.3. The summed E-state index contributed by atoms with van der Waals surface area (Å²) in [6, 6.07) is 60.0. The van der Waals surface area contributed by atoms with Crippen molar-refractivity contribution in [1.82, 2.24) is 24.9 Å². The van der Waals surface area contributed by atoms with Gasteiger partial charge in [-0.3, -0.25) is 0 Å². The molecule has 0 saturated carbocycles. The van der Waals surface area contributed by atoms with Crippen LogP contribution >= 0.6 is 11.3 Å². The summed E-state index contributed by atoms with van der Waals surface area (Å²) in [6.07, 6.45) is 0. The third-order valence-electron chi connectivity index (χ3n) is 10.2. The second kappa shape index (κ2) is 13.2. The summed E-state index contributed by atoms with van der Waals surface area (Å²) in [7, 11) is 0. The molecule has 11 aromatic rings. The molecule has 0 aliphatic rings. The van der Waals surface area contributed by atoms with Crippen LogP contribution in [-0.2, 0) is 0 Å². The molecule has 0 N–H and O–H groups in total. The Labute approximate surface area is 325 Å². The van der Waals surface area contributed by atoms with Gasteiger partial charge in [-0.1, -0.05) is 146 Å². The van der Waals surface area contributed by atoms with E-state index in [0.29, 0.717) is 28.9 Å². The van der Waals surface area contributed by atoms with Gasteiger partial charge >= 0.3 is 0 Å². The summed E-state index contributed by atoms with van der Waals surface area (Å²) < 4.78 is 8.90. The van der Waals surface area contributed by atoms with Gasteiger partial charge in [-0.25, -0.2) is 24.9 Å². The van der Waals surface area contributed by atoms with E-state index >= 15 is 0 Å². The molecule has 7 aromatic carbocycles. The SMILES string of the molecule is c1ccc(-c2nc(-c3ccccc3)nc(-c3cc(-c4nc(-c5ccccc5)c5oc6ccccc6c5n4)ccc3-c3ccc4c(c3)sc3ccccc34)n2)cc1. The van der Waals surface area contributed by atoms with Crippen molar-refractivity contribution >= 4 is 53.6 Å². The molecule has 6 nitrogen and oxygen atoms in total. The number of fused-ring (bicyclic) bond motifs is 6. The molecule has 262 valence electrons. The van der Waals surface area contributed by atoms with Gasteiger partial charge < -0.3 is 4.42 Å². The first kappa shape index (κ1) is 32.1. The van der Waals surface area contributed by atoms with E-state index in [-0.39, 0.29) is 0 Å². The smallest absolute Gasteiger partial charge is 0.180 e. The van der Waals surface area contributed by atoms with Crippen molar-refractivity contribution in [2.75, 3.05) is 0 Å². The van der Waals surface area contributed by atoms with E-state index in [0.717, 1.165) is 61.1 Å². The predicted octanol–water partition coefficient (Wildman–Crippen LogP) is 12.9.